The molecule has 0 aromatic heterocycles. The maximum atomic E-state index is 6.42. The molecule has 0 heterocycles. The lowest BCUT2D eigenvalue weighted by atomic mass is 9.99. The van der Waals surface area contributed by atoms with Crippen LogP contribution in [0.15, 0.2) is 18.2 Å². The third-order valence-corrected chi connectivity index (χ3v) is 3.72. The number of benzene rings is 1. The molecule has 1 fully saturated rings. The van der Waals surface area contributed by atoms with Crippen LogP contribution in [0.3, 0.4) is 0 Å². The van der Waals surface area contributed by atoms with Gasteiger partial charge in [0.1, 0.15) is 5.75 Å². The van der Waals surface area contributed by atoms with Crippen LogP contribution in [0, 0.1) is 12.8 Å². The first kappa shape index (κ1) is 11.5. The van der Waals surface area contributed by atoms with E-state index in [0.717, 1.165) is 12.2 Å². The van der Waals surface area contributed by atoms with Crippen molar-refractivity contribution in [2.24, 2.45) is 11.7 Å². The number of methoxy groups -OCH3 is 1. The van der Waals surface area contributed by atoms with Gasteiger partial charge in [0.05, 0.1) is 7.11 Å². The highest BCUT2D eigenvalue weighted by Gasteiger charge is 2.51. The van der Waals surface area contributed by atoms with Gasteiger partial charge in [0, 0.05) is 5.54 Å². The van der Waals surface area contributed by atoms with Crippen LogP contribution in [-0.2, 0) is 5.54 Å². The zero-order valence-corrected chi connectivity index (χ0v) is 10.4. The first-order valence-electron chi connectivity index (χ1n) is 6.05. The SMILES string of the molecule is CCCC1CC1(N)c1ccc(OC)c(C)c1. The molecule has 2 heteroatoms. The van der Waals surface area contributed by atoms with Gasteiger partial charge in [-0.2, -0.15) is 0 Å². The smallest absolute Gasteiger partial charge is 0.121 e. The van der Waals surface area contributed by atoms with Gasteiger partial charge in [-0.25, -0.2) is 0 Å². The van der Waals surface area contributed by atoms with Gasteiger partial charge < -0.3 is 10.5 Å². The van der Waals surface area contributed by atoms with Gasteiger partial charge in [0.2, 0.25) is 0 Å². The topological polar surface area (TPSA) is 35.2 Å². The summed E-state index contributed by atoms with van der Waals surface area (Å²) in [4.78, 5) is 0. The average Bonchev–Trinajstić information content (AvgIpc) is 2.91. The van der Waals surface area contributed by atoms with Crippen LogP contribution in [0.5, 0.6) is 5.75 Å². The Hall–Kier alpha value is -1.02. The molecule has 88 valence electrons. The fourth-order valence-electron chi connectivity index (χ4n) is 2.58. The van der Waals surface area contributed by atoms with Crippen LogP contribution in [0.25, 0.3) is 0 Å². The van der Waals surface area contributed by atoms with Crippen molar-refractivity contribution in [2.45, 2.75) is 38.6 Å². The van der Waals surface area contributed by atoms with Crippen LogP contribution in [0.2, 0.25) is 0 Å². The zero-order valence-electron chi connectivity index (χ0n) is 10.4. The van der Waals surface area contributed by atoms with Crippen LogP contribution < -0.4 is 10.5 Å². The van der Waals surface area contributed by atoms with Crippen molar-refractivity contribution in [2.75, 3.05) is 7.11 Å². The van der Waals surface area contributed by atoms with Crippen molar-refractivity contribution >= 4 is 0 Å². The third-order valence-electron chi connectivity index (χ3n) is 3.72. The monoisotopic (exact) mass is 219 g/mol. The molecule has 2 N–H and O–H groups in total. The van der Waals surface area contributed by atoms with Crippen LogP contribution in [-0.4, -0.2) is 7.11 Å². The van der Waals surface area contributed by atoms with Gasteiger partial charge in [-0.3, -0.25) is 0 Å². The summed E-state index contributed by atoms with van der Waals surface area (Å²) in [5, 5.41) is 0. The summed E-state index contributed by atoms with van der Waals surface area (Å²) in [6, 6.07) is 6.32. The molecule has 0 saturated heterocycles. The molecule has 2 nitrogen and oxygen atoms in total. The van der Waals surface area contributed by atoms with Crippen molar-refractivity contribution in [3.05, 3.63) is 29.3 Å². The second kappa shape index (κ2) is 4.10. The quantitative estimate of drug-likeness (QED) is 0.845. The van der Waals surface area contributed by atoms with Gasteiger partial charge in [0.25, 0.3) is 0 Å². The Balaban J connectivity index is 2.20. The Labute approximate surface area is 97.8 Å². The number of hydrogen-bond donors (Lipinski definition) is 1. The fourth-order valence-corrected chi connectivity index (χ4v) is 2.58. The molecule has 1 aromatic rings. The minimum absolute atomic E-state index is 0.0625. The lowest BCUT2D eigenvalue weighted by Crippen LogP contribution is -2.22. The van der Waals surface area contributed by atoms with E-state index in [1.54, 1.807) is 7.11 Å². The number of rotatable bonds is 4. The lowest BCUT2D eigenvalue weighted by Gasteiger charge is -2.14. The molecule has 16 heavy (non-hydrogen) atoms. The van der Waals surface area contributed by atoms with Gasteiger partial charge in [-0.1, -0.05) is 25.5 Å². The summed E-state index contributed by atoms with van der Waals surface area (Å²) in [7, 11) is 1.71. The van der Waals surface area contributed by atoms with E-state index in [0.29, 0.717) is 5.92 Å². The summed E-state index contributed by atoms with van der Waals surface area (Å²) in [6.07, 6.45) is 3.59. The van der Waals surface area contributed by atoms with E-state index in [1.807, 2.05) is 6.07 Å². The predicted octanol–water partition coefficient (Wildman–Crippen LogP) is 2.98. The molecule has 2 rings (SSSR count). The summed E-state index contributed by atoms with van der Waals surface area (Å²) in [6.45, 7) is 4.29. The summed E-state index contributed by atoms with van der Waals surface area (Å²) < 4.78 is 5.27. The average molecular weight is 219 g/mol. The highest BCUT2D eigenvalue weighted by molar-refractivity contribution is 5.41. The van der Waals surface area contributed by atoms with Crippen LogP contribution >= 0.6 is 0 Å². The van der Waals surface area contributed by atoms with E-state index in [1.165, 1.54) is 24.0 Å². The molecule has 0 amide bonds. The molecule has 0 spiro atoms. The van der Waals surface area contributed by atoms with E-state index in [9.17, 15) is 0 Å². The zero-order chi connectivity index (χ0) is 11.8. The summed E-state index contributed by atoms with van der Waals surface area (Å²) in [5.74, 6) is 1.62. The number of aryl methyl sites for hydroxylation is 1. The van der Waals surface area contributed by atoms with Gasteiger partial charge in [-0.05, 0) is 42.9 Å². The molecule has 2 atom stereocenters. The fraction of sp³-hybridized carbons (Fsp3) is 0.571. The molecule has 1 aromatic carbocycles. The molecule has 0 aliphatic heterocycles. The molecule has 1 aliphatic carbocycles. The third kappa shape index (κ3) is 1.82. The standard InChI is InChI=1S/C14H21NO/c1-4-5-12-9-14(12,15)11-6-7-13(16-3)10(2)8-11/h6-8,12H,4-5,9,15H2,1-3H3. The first-order chi connectivity index (χ1) is 7.61. The van der Waals surface area contributed by atoms with Crippen LogP contribution in [0.4, 0.5) is 0 Å². The highest BCUT2D eigenvalue weighted by atomic mass is 16.5. The van der Waals surface area contributed by atoms with E-state index < -0.39 is 0 Å². The Morgan fingerprint density at radius 1 is 1.50 bits per heavy atom. The number of nitrogens with two attached hydrogens (primary N) is 1. The van der Waals surface area contributed by atoms with Crippen molar-refractivity contribution < 1.29 is 4.74 Å². The van der Waals surface area contributed by atoms with E-state index in [4.69, 9.17) is 10.5 Å². The molecular weight excluding hydrogens is 198 g/mol. The number of ether oxygens (including phenoxy) is 1. The summed E-state index contributed by atoms with van der Waals surface area (Å²) in [5.41, 5.74) is 8.80. The normalized spacial score (nSPS) is 27.9. The molecule has 1 aliphatic rings. The van der Waals surface area contributed by atoms with Crippen LogP contribution in [0.1, 0.15) is 37.3 Å². The second-order valence-corrected chi connectivity index (χ2v) is 4.91. The van der Waals surface area contributed by atoms with Crippen molar-refractivity contribution in [1.82, 2.24) is 0 Å². The minimum atomic E-state index is -0.0625. The maximum Gasteiger partial charge on any atom is 0.121 e. The van der Waals surface area contributed by atoms with Gasteiger partial charge >= 0.3 is 0 Å². The predicted molar refractivity (Wildman–Crippen MR) is 66.6 cm³/mol. The van der Waals surface area contributed by atoms with E-state index >= 15 is 0 Å². The van der Waals surface area contributed by atoms with Crippen molar-refractivity contribution in [3.63, 3.8) is 0 Å². The maximum absolute atomic E-state index is 6.42. The Morgan fingerprint density at radius 2 is 2.25 bits per heavy atom. The molecule has 2 unspecified atom stereocenters. The van der Waals surface area contributed by atoms with E-state index in [-0.39, 0.29) is 5.54 Å². The second-order valence-electron chi connectivity index (χ2n) is 4.91. The summed E-state index contributed by atoms with van der Waals surface area (Å²) >= 11 is 0. The Kier molecular flexibility index (Phi) is 2.94. The van der Waals surface area contributed by atoms with Gasteiger partial charge in [-0.15, -0.1) is 0 Å². The van der Waals surface area contributed by atoms with Gasteiger partial charge in [0.15, 0.2) is 0 Å². The van der Waals surface area contributed by atoms with E-state index in [2.05, 4.69) is 26.0 Å². The van der Waals surface area contributed by atoms with Crippen molar-refractivity contribution in [1.29, 1.82) is 0 Å². The largest absolute Gasteiger partial charge is 0.496 e. The molecule has 0 bridgehead atoms. The Morgan fingerprint density at radius 3 is 2.81 bits per heavy atom. The van der Waals surface area contributed by atoms with Crippen molar-refractivity contribution in [3.8, 4) is 5.75 Å². The molecule has 1 saturated carbocycles. The molecular formula is C14H21NO. The minimum Gasteiger partial charge on any atom is -0.496 e. The number of hydrogen-bond acceptors (Lipinski definition) is 2. The lowest BCUT2D eigenvalue weighted by molar-refractivity contribution is 0.411. The molecule has 0 radical (unpaired) electrons. The Bertz CT molecular complexity index is 388. The first-order valence-corrected chi connectivity index (χ1v) is 6.05. The highest BCUT2D eigenvalue weighted by Crippen LogP contribution is 2.52.